The Labute approximate surface area is 177 Å². The van der Waals surface area contributed by atoms with E-state index in [1.165, 1.54) is 0 Å². The minimum Gasteiger partial charge on any atom is -0.374 e. The van der Waals surface area contributed by atoms with Gasteiger partial charge in [0.25, 0.3) is 0 Å². The lowest BCUT2D eigenvalue weighted by molar-refractivity contribution is 0.905. The standard InChI is InChI=1S/C27H23N3/c1-30(18-8-17-28)25-15-13-21(14-16-25)24-19-26(22-9-4-2-5-10-22)29-27(20-24)23-11-6-3-7-12-23/h2-7,9-16,19-20H,8,18H2,1H3. The van der Waals surface area contributed by atoms with Gasteiger partial charge in [0.1, 0.15) is 0 Å². The number of hydrogen-bond acceptors (Lipinski definition) is 3. The molecule has 0 fully saturated rings. The summed E-state index contributed by atoms with van der Waals surface area (Å²) in [5.74, 6) is 0. The zero-order chi connectivity index (χ0) is 20.8. The van der Waals surface area contributed by atoms with E-state index >= 15 is 0 Å². The van der Waals surface area contributed by atoms with Gasteiger partial charge in [0.2, 0.25) is 0 Å². The van der Waals surface area contributed by atoms with Gasteiger partial charge in [0.05, 0.1) is 23.9 Å². The largest absolute Gasteiger partial charge is 0.374 e. The van der Waals surface area contributed by atoms with E-state index in [0.29, 0.717) is 6.42 Å². The van der Waals surface area contributed by atoms with Crippen molar-refractivity contribution in [2.75, 3.05) is 18.5 Å². The van der Waals surface area contributed by atoms with Crippen molar-refractivity contribution >= 4 is 5.69 Å². The van der Waals surface area contributed by atoms with Crippen LogP contribution in [0.3, 0.4) is 0 Å². The molecule has 0 N–H and O–H groups in total. The molecule has 1 heterocycles. The van der Waals surface area contributed by atoms with Gasteiger partial charge in [0, 0.05) is 30.4 Å². The minimum absolute atomic E-state index is 0.517. The highest BCUT2D eigenvalue weighted by molar-refractivity contribution is 5.77. The van der Waals surface area contributed by atoms with Gasteiger partial charge in [-0.25, -0.2) is 4.98 Å². The summed E-state index contributed by atoms with van der Waals surface area (Å²) in [4.78, 5) is 7.04. The summed E-state index contributed by atoms with van der Waals surface area (Å²) >= 11 is 0. The maximum Gasteiger partial charge on any atom is 0.0715 e. The maximum atomic E-state index is 8.81. The highest BCUT2D eigenvalue weighted by Gasteiger charge is 2.09. The highest BCUT2D eigenvalue weighted by Crippen LogP contribution is 2.31. The third-order valence-corrected chi connectivity index (χ3v) is 5.16. The molecular formula is C27H23N3. The van der Waals surface area contributed by atoms with Gasteiger partial charge in [-0.15, -0.1) is 0 Å². The number of aromatic nitrogens is 1. The second kappa shape index (κ2) is 9.07. The van der Waals surface area contributed by atoms with Crippen molar-refractivity contribution in [2.24, 2.45) is 0 Å². The van der Waals surface area contributed by atoms with Crippen LogP contribution in [0.5, 0.6) is 0 Å². The van der Waals surface area contributed by atoms with Crippen LogP contribution in [0.4, 0.5) is 5.69 Å². The first-order chi connectivity index (χ1) is 14.7. The van der Waals surface area contributed by atoms with Crippen LogP contribution in [-0.2, 0) is 0 Å². The number of benzene rings is 3. The number of pyridine rings is 1. The Hall–Kier alpha value is -3.90. The first-order valence-electron chi connectivity index (χ1n) is 10.1. The van der Waals surface area contributed by atoms with E-state index in [-0.39, 0.29) is 0 Å². The van der Waals surface area contributed by atoms with Crippen molar-refractivity contribution in [3.05, 3.63) is 97.1 Å². The zero-order valence-electron chi connectivity index (χ0n) is 17.0. The quantitative estimate of drug-likeness (QED) is 0.381. The monoisotopic (exact) mass is 389 g/mol. The van der Waals surface area contributed by atoms with E-state index in [0.717, 1.165) is 45.9 Å². The molecule has 0 bridgehead atoms. The summed E-state index contributed by atoms with van der Waals surface area (Å²) in [6.07, 6.45) is 0.517. The summed E-state index contributed by atoms with van der Waals surface area (Å²) < 4.78 is 0. The number of nitriles is 1. The lowest BCUT2D eigenvalue weighted by Crippen LogP contribution is -2.17. The predicted octanol–water partition coefficient (Wildman–Crippen LogP) is 6.43. The topological polar surface area (TPSA) is 39.9 Å². The summed E-state index contributed by atoms with van der Waals surface area (Å²) in [6, 6.07) is 35.6. The van der Waals surface area contributed by atoms with E-state index in [9.17, 15) is 0 Å². The second-order valence-corrected chi connectivity index (χ2v) is 7.23. The van der Waals surface area contributed by atoms with E-state index in [1.54, 1.807) is 0 Å². The fourth-order valence-corrected chi connectivity index (χ4v) is 3.47. The number of rotatable bonds is 6. The Kier molecular flexibility index (Phi) is 5.87. The maximum absolute atomic E-state index is 8.81. The van der Waals surface area contributed by atoms with Crippen molar-refractivity contribution in [3.8, 4) is 39.7 Å². The smallest absolute Gasteiger partial charge is 0.0715 e. The van der Waals surface area contributed by atoms with Crippen molar-refractivity contribution < 1.29 is 0 Å². The molecule has 146 valence electrons. The lowest BCUT2D eigenvalue weighted by Gasteiger charge is -2.18. The van der Waals surface area contributed by atoms with Crippen molar-refractivity contribution in [2.45, 2.75) is 6.42 Å². The minimum atomic E-state index is 0.517. The molecule has 1 aromatic heterocycles. The molecule has 0 saturated heterocycles. The fourth-order valence-electron chi connectivity index (χ4n) is 3.47. The van der Waals surface area contributed by atoms with E-state index in [4.69, 9.17) is 10.2 Å². The highest BCUT2D eigenvalue weighted by atomic mass is 15.1. The molecule has 0 spiro atoms. The van der Waals surface area contributed by atoms with Gasteiger partial charge in [-0.3, -0.25) is 0 Å². The van der Waals surface area contributed by atoms with Gasteiger partial charge in [-0.1, -0.05) is 72.8 Å². The molecule has 0 unspecified atom stereocenters. The summed E-state index contributed by atoms with van der Waals surface area (Å²) in [6.45, 7) is 0.724. The lowest BCUT2D eigenvalue weighted by atomic mass is 9.99. The molecule has 30 heavy (non-hydrogen) atoms. The Bertz CT molecular complexity index is 1090. The van der Waals surface area contributed by atoms with Gasteiger partial charge < -0.3 is 4.90 Å². The Balaban J connectivity index is 1.75. The second-order valence-electron chi connectivity index (χ2n) is 7.23. The molecule has 0 saturated carbocycles. The van der Waals surface area contributed by atoms with E-state index < -0.39 is 0 Å². The Morgan fingerprint density at radius 2 is 1.23 bits per heavy atom. The number of hydrogen-bond donors (Lipinski definition) is 0. The average Bonchev–Trinajstić information content (AvgIpc) is 2.83. The molecule has 3 heteroatoms. The molecule has 3 nitrogen and oxygen atoms in total. The van der Waals surface area contributed by atoms with Crippen molar-refractivity contribution in [1.82, 2.24) is 4.98 Å². The van der Waals surface area contributed by atoms with Crippen LogP contribution in [0.2, 0.25) is 0 Å². The molecule has 0 amide bonds. The average molecular weight is 390 g/mol. The first-order valence-corrected chi connectivity index (χ1v) is 10.1. The number of nitrogens with zero attached hydrogens (tertiary/aromatic N) is 3. The molecule has 0 aliphatic carbocycles. The van der Waals surface area contributed by atoms with E-state index in [2.05, 4.69) is 71.6 Å². The summed E-state index contributed by atoms with van der Waals surface area (Å²) in [7, 11) is 2.01. The van der Waals surface area contributed by atoms with Crippen LogP contribution in [0.15, 0.2) is 97.1 Å². The molecule has 4 aromatic rings. The fraction of sp³-hybridized carbons (Fsp3) is 0.111. The van der Waals surface area contributed by atoms with Crippen LogP contribution in [0.1, 0.15) is 6.42 Å². The van der Waals surface area contributed by atoms with Crippen LogP contribution in [0.25, 0.3) is 33.6 Å². The van der Waals surface area contributed by atoms with Crippen molar-refractivity contribution in [1.29, 1.82) is 5.26 Å². The van der Waals surface area contributed by atoms with Crippen LogP contribution in [-0.4, -0.2) is 18.6 Å². The molecule has 0 aliphatic rings. The van der Waals surface area contributed by atoms with Gasteiger partial charge in [-0.05, 0) is 35.4 Å². The van der Waals surface area contributed by atoms with E-state index in [1.807, 2.05) is 43.4 Å². The summed E-state index contributed by atoms with van der Waals surface area (Å²) in [5.41, 5.74) is 7.51. The summed E-state index contributed by atoms with van der Waals surface area (Å²) in [5, 5.41) is 8.81. The van der Waals surface area contributed by atoms with Crippen LogP contribution < -0.4 is 4.90 Å². The normalized spacial score (nSPS) is 10.4. The molecule has 0 atom stereocenters. The Morgan fingerprint density at radius 3 is 1.73 bits per heavy atom. The third kappa shape index (κ3) is 4.39. The molecular weight excluding hydrogens is 366 g/mol. The van der Waals surface area contributed by atoms with Crippen LogP contribution in [0, 0.1) is 11.3 Å². The SMILES string of the molecule is CN(CCC#N)c1ccc(-c2cc(-c3ccccc3)nc(-c3ccccc3)c2)cc1. The predicted molar refractivity (Wildman–Crippen MR) is 124 cm³/mol. The van der Waals surface area contributed by atoms with Gasteiger partial charge in [-0.2, -0.15) is 5.26 Å². The van der Waals surface area contributed by atoms with Crippen molar-refractivity contribution in [3.63, 3.8) is 0 Å². The first kappa shape index (κ1) is 19.4. The Morgan fingerprint density at radius 1 is 0.700 bits per heavy atom. The molecule has 0 aliphatic heterocycles. The molecule has 0 radical (unpaired) electrons. The third-order valence-electron chi connectivity index (χ3n) is 5.16. The van der Waals surface area contributed by atoms with Gasteiger partial charge >= 0.3 is 0 Å². The molecule has 3 aromatic carbocycles. The molecule has 4 rings (SSSR count). The van der Waals surface area contributed by atoms with Crippen LogP contribution >= 0.6 is 0 Å². The number of anilines is 1. The van der Waals surface area contributed by atoms with Gasteiger partial charge in [0.15, 0.2) is 0 Å². The zero-order valence-corrected chi connectivity index (χ0v) is 17.0.